The topological polar surface area (TPSA) is 77.2 Å². The Morgan fingerprint density at radius 1 is 1.45 bits per heavy atom. The largest absolute Gasteiger partial charge is 0.483 e. The van der Waals surface area contributed by atoms with E-state index in [2.05, 4.69) is 10.3 Å². The van der Waals surface area contributed by atoms with Gasteiger partial charge >= 0.3 is 0 Å². The van der Waals surface area contributed by atoms with Gasteiger partial charge in [0.1, 0.15) is 15.7 Å². The van der Waals surface area contributed by atoms with Crippen LogP contribution in [0.5, 0.6) is 5.75 Å². The minimum atomic E-state index is -0.224. The summed E-state index contributed by atoms with van der Waals surface area (Å²) in [6.07, 6.45) is 1.70. The first-order chi connectivity index (χ1) is 9.66. The van der Waals surface area contributed by atoms with Crippen LogP contribution in [-0.2, 0) is 11.3 Å². The first kappa shape index (κ1) is 14.4. The number of aromatic nitrogens is 1. The zero-order chi connectivity index (χ0) is 14.4. The average Bonchev–Trinajstić information content (AvgIpc) is 2.96. The number of amides is 1. The van der Waals surface area contributed by atoms with Crippen LogP contribution in [0.3, 0.4) is 0 Å². The van der Waals surface area contributed by atoms with Crippen molar-refractivity contribution in [1.82, 2.24) is 10.3 Å². The Kier molecular flexibility index (Phi) is 5.03. The molecule has 0 unspecified atom stereocenters. The molecule has 7 heteroatoms. The Morgan fingerprint density at radius 2 is 2.25 bits per heavy atom. The number of nitrogens with two attached hydrogens (primary N) is 1. The highest BCUT2D eigenvalue weighted by atomic mass is 32.1. The summed E-state index contributed by atoms with van der Waals surface area (Å²) in [5, 5.41) is 5.43. The fourth-order valence-electron chi connectivity index (χ4n) is 1.50. The molecule has 0 atom stereocenters. The maximum Gasteiger partial charge on any atom is 0.258 e. The predicted octanol–water partition coefficient (Wildman–Crippen LogP) is 1.47. The summed E-state index contributed by atoms with van der Waals surface area (Å²) in [4.78, 5) is 16.0. The highest BCUT2D eigenvalue weighted by molar-refractivity contribution is 7.80. The lowest BCUT2D eigenvalue weighted by molar-refractivity contribution is -0.123. The van der Waals surface area contributed by atoms with Gasteiger partial charge in [0.15, 0.2) is 6.61 Å². The standard InChI is InChI=1S/C13H13N3O2S2/c14-13(19)9-3-1-2-4-10(9)18-8-11(17)16-7-12-15-5-6-20-12/h1-6H,7-8H2,(H2,14,19)(H,16,17). The van der Waals surface area contributed by atoms with Crippen LogP contribution in [0.4, 0.5) is 0 Å². The molecule has 2 rings (SSSR count). The van der Waals surface area contributed by atoms with Crippen LogP contribution in [0.1, 0.15) is 10.6 Å². The number of hydrogen-bond acceptors (Lipinski definition) is 5. The van der Waals surface area contributed by atoms with Crippen molar-refractivity contribution in [1.29, 1.82) is 0 Å². The maximum absolute atomic E-state index is 11.7. The van der Waals surface area contributed by atoms with Crippen molar-refractivity contribution in [2.45, 2.75) is 6.54 Å². The SMILES string of the molecule is NC(=S)c1ccccc1OCC(=O)NCc1nccs1. The summed E-state index contributed by atoms with van der Waals surface area (Å²) in [6.45, 7) is 0.307. The molecule has 0 saturated heterocycles. The zero-order valence-corrected chi connectivity index (χ0v) is 12.2. The van der Waals surface area contributed by atoms with E-state index in [1.807, 2.05) is 11.4 Å². The van der Waals surface area contributed by atoms with Crippen molar-refractivity contribution in [3.05, 3.63) is 46.4 Å². The monoisotopic (exact) mass is 307 g/mol. The van der Waals surface area contributed by atoms with Crippen molar-refractivity contribution >= 4 is 34.5 Å². The lowest BCUT2D eigenvalue weighted by Gasteiger charge is -2.10. The van der Waals surface area contributed by atoms with Crippen molar-refractivity contribution in [2.24, 2.45) is 5.73 Å². The Hall–Kier alpha value is -1.99. The van der Waals surface area contributed by atoms with Gasteiger partial charge in [-0.05, 0) is 12.1 Å². The van der Waals surface area contributed by atoms with Gasteiger partial charge in [-0.3, -0.25) is 4.79 Å². The van der Waals surface area contributed by atoms with Gasteiger partial charge in [-0.15, -0.1) is 11.3 Å². The van der Waals surface area contributed by atoms with Crippen LogP contribution in [0.2, 0.25) is 0 Å². The molecule has 0 saturated carbocycles. The van der Waals surface area contributed by atoms with Crippen LogP contribution < -0.4 is 15.8 Å². The number of nitrogens with zero attached hydrogens (tertiary/aromatic N) is 1. The minimum Gasteiger partial charge on any atom is -0.483 e. The number of rotatable bonds is 6. The van der Waals surface area contributed by atoms with Crippen LogP contribution in [0.15, 0.2) is 35.8 Å². The molecule has 0 aliphatic carbocycles. The third kappa shape index (κ3) is 4.01. The number of carbonyl (C=O) groups excluding carboxylic acids is 1. The second-order valence-corrected chi connectivity index (χ2v) is 5.27. The first-order valence-corrected chi connectivity index (χ1v) is 7.12. The molecule has 5 nitrogen and oxygen atoms in total. The number of para-hydroxylation sites is 1. The number of benzene rings is 1. The molecular formula is C13H13N3O2S2. The van der Waals surface area contributed by atoms with E-state index in [1.54, 1.807) is 24.4 Å². The van der Waals surface area contributed by atoms with Crippen molar-refractivity contribution < 1.29 is 9.53 Å². The summed E-state index contributed by atoms with van der Waals surface area (Å²) in [5.74, 6) is 0.280. The molecule has 1 amide bonds. The smallest absolute Gasteiger partial charge is 0.258 e. The van der Waals surface area contributed by atoms with E-state index in [9.17, 15) is 4.79 Å². The Labute approximate surface area is 125 Å². The fraction of sp³-hybridized carbons (Fsp3) is 0.154. The third-order valence-corrected chi connectivity index (χ3v) is 3.43. The molecule has 1 aromatic carbocycles. The molecular weight excluding hydrogens is 294 g/mol. The van der Waals surface area contributed by atoms with Gasteiger partial charge in [-0.1, -0.05) is 24.4 Å². The maximum atomic E-state index is 11.7. The summed E-state index contributed by atoms with van der Waals surface area (Å²) in [7, 11) is 0. The number of nitrogens with one attached hydrogen (secondary N) is 1. The molecule has 0 aliphatic rings. The van der Waals surface area contributed by atoms with Gasteiger partial charge in [0, 0.05) is 11.6 Å². The summed E-state index contributed by atoms with van der Waals surface area (Å²) in [6, 6.07) is 7.09. The van der Waals surface area contributed by atoms with Gasteiger partial charge in [-0.2, -0.15) is 0 Å². The van der Waals surface area contributed by atoms with Crippen LogP contribution >= 0.6 is 23.6 Å². The van der Waals surface area contributed by atoms with Crippen LogP contribution in [0.25, 0.3) is 0 Å². The second-order valence-electron chi connectivity index (χ2n) is 3.85. The number of carbonyl (C=O) groups is 1. The quantitative estimate of drug-likeness (QED) is 0.790. The number of ether oxygens (including phenoxy) is 1. The highest BCUT2D eigenvalue weighted by Gasteiger charge is 2.08. The molecule has 1 heterocycles. The number of thiocarbonyl (C=S) groups is 1. The van der Waals surface area contributed by atoms with Gasteiger partial charge in [-0.25, -0.2) is 4.98 Å². The van der Waals surface area contributed by atoms with Crippen LogP contribution in [0, 0.1) is 0 Å². The van der Waals surface area contributed by atoms with Crippen molar-refractivity contribution in [3.8, 4) is 5.75 Å². The normalized spacial score (nSPS) is 10.0. The van der Waals surface area contributed by atoms with E-state index in [4.69, 9.17) is 22.7 Å². The van der Waals surface area contributed by atoms with Gasteiger partial charge in [0.25, 0.3) is 5.91 Å². The Bertz CT molecular complexity index is 599. The van der Waals surface area contributed by atoms with Gasteiger partial charge in [0.05, 0.1) is 12.1 Å². The molecule has 104 valence electrons. The third-order valence-electron chi connectivity index (χ3n) is 2.43. The average molecular weight is 307 g/mol. The molecule has 20 heavy (non-hydrogen) atoms. The molecule has 0 spiro atoms. The lowest BCUT2D eigenvalue weighted by Crippen LogP contribution is -2.28. The van der Waals surface area contributed by atoms with E-state index < -0.39 is 0 Å². The molecule has 0 fully saturated rings. The summed E-state index contributed by atoms with van der Waals surface area (Å²) in [5.41, 5.74) is 6.21. The molecule has 3 N–H and O–H groups in total. The molecule has 0 radical (unpaired) electrons. The first-order valence-electron chi connectivity index (χ1n) is 5.83. The van der Waals surface area contributed by atoms with E-state index in [0.29, 0.717) is 17.9 Å². The predicted molar refractivity (Wildman–Crippen MR) is 81.8 cm³/mol. The summed E-state index contributed by atoms with van der Waals surface area (Å²) < 4.78 is 5.43. The Morgan fingerprint density at radius 3 is 2.95 bits per heavy atom. The van der Waals surface area contributed by atoms with E-state index in [-0.39, 0.29) is 17.5 Å². The zero-order valence-electron chi connectivity index (χ0n) is 10.5. The molecule has 1 aromatic heterocycles. The fourth-order valence-corrected chi connectivity index (χ4v) is 2.23. The number of hydrogen-bond donors (Lipinski definition) is 2. The van der Waals surface area contributed by atoms with Gasteiger partial charge < -0.3 is 15.8 Å². The Balaban J connectivity index is 1.85. The lowest BCUT2D eigenvalue weighted by atomic mass is 10.2. The van der Waals surface area contributed by atoms with Gasteiger partial charge in [0.2, 0.25) is 0 Å². The highest BCUT2D eigenvalue weighted by Crippen LogP contribution is 2.17. The summed E-state index contributed by atoms with van der Waals surface area (Å²) >= 11 is 6.41. The molecule has 0 bridgehead atoms. The second kappa shape index (κ2) is 6.97. The van der Waals surface area contributed by atoms with Crippen molar-refractivity contribution in [2.75, 3.05) is 6.61 Å². The van der Waals surface area contributed by atoms with E-state index >= 15 is 0 Å². The minimum absolute atomic E-state index is 0.0923. The molecule has 2 aromatic rings. The van der Waals surface area contributed by atoms with E-state index in [0.717, 1.165) is 5.01 Å². The number of thiazole rings is 1. The molecule has 0 aliphatic heterocycles. The van der Waals surface area contributed by atoms with Crippen molar-refractivity contribution in [3.63, 3.8) is 0 Å². The van der Waals surface area contributed by atoms with Crippen LogP contribution in [-0.4, -0.2) is 22.5 Å². The van der Waals surface area contributed by atoms with E-state index in [1.165, 1.54) is 11.3 Å².